The van der Waals surface area contributed by atoms with Gasteiger partial charge >= 0.3 is 0 Å². The minimum atomic E-state index is 0.271. The summed E-state index contributed by atoms with van der Waals surface area (Å²) in [6.07, 6.45) is 5.67. The standard InChI is InChI=1S/C23H44N4/c1-16(2)21-17(3)18(4)22(26)19(5)20(21)8-10-23(6,11-12-24)9-7-14-27-15-13-25/h16,27H,7-15,24-26H2,1-6H3. The van der Waals surface area contributed by atoms with Gasteiger partial charge in [-0.3, -0.25) is 0 Å². The molecule has 156 valence electrons. The Hall–Kier alpha value is -1.10. The maximum Gasteiger partial charge on any atom is 0.0379 e. The number of hydrogen-bond acceptors (Lipinski definition) is 4. The van der Waals surface area contributed by atoms with Crippen LogP contribution in [0.1, 0.15) is 80.2 Å². The van der Waals surface area contributed by atoms with Gasteiger partial charge in [-0.25, -0.2) is 0 Å². The van der Waals surface area contributed by atoms with Crippen molar-refractivity contribution in [1.29, 1.82) is 0 Å². The second-order valence-electron chi connectivity index (χ2n) is 8.83. The van der Waals surface area contributed by atoms with Gasteiger partial charge in [-0.05, 0) is 105 Å². The number of anilines is 1. The largest absolute Gasteiger partial charge is 0.398 e. The lowest BCUT2D eigenvalue weighted by molar-refractivity contribution is 0.246. The molecule has 27 heavy (non-hydrogen) atoms. The number of nitrogen functional groups attached to an aromatic ring is 1. The molecule has 7 N–H and O–H groups in total. The number of benzene rings is 1. The summed E-state index contributed by atoms with van der Waals surface area (Å²) in [5.41, 5.74) is 26.1. The molecule has 0 fully saturated rings. The number of nitrogens with two attached hydrogens (primary N) is 3. The lowest BCUT2D eigenvalue weighted by Crippen LogP contribution is -2.27. The summed E-state index contributed by atoms with van der Waals surface area (Å²) in [5, 5.41) is 3.41. The molecule has 4 nitrogen and oxygen atoms in total. The van der Waals surface area contributed by atoms with Gasteiger partial charge in [0.25, 0.3) is 0 Å². The van der Waals surface area contributed by atoms with Gasteiger partial charge in [0.1, 0.15) is 0 Å². The summed E-state index contributed by atoms with van der Waals surface area (Å²) >= 11 is 0. The fraction of sp³-hybridized carbons (Fsp3) is 0.739. The van der Waals surface area contributed by atoms with Gasteiger partial charge in [0.05, 0.1) is 0 Å². The van der Waals surface area contributed by atoms with Crippen LogP contribution >= 0.6 is 0 Å². The molecule has 0 saturated carbocycles. The highest BCUT2D eigenvalue weighted by atomic mass is 14.9. The summed E-state index contributed by atoms with van der Waals surface area (Å²) in [4.78, 5) is 0. The Balaban J connectivity index is 2.97. The van der Waals surface area contributed by atoms with Crippen LogP contribution in [0.3, 0.4) is 0 Å². The topological polar surface area (TPSA) is 90.1 Å². The van der Waals surface area contributed by atoms with Crippen LogP contribution in [0, 0.1) is 26.2 Å². The first-order valence-electron chi connectivity index (χ1n) is 10.7. The van der Waals surface area contributed by atoms with Crippen LogP contribution in [-0.4, -0.2) is 26.2 Å². The Labute approximate surface area is 167 Å². The second kappa shape index (κ2) is 11.0. The van der Waals surface area contributed by atoms with Crippen molar-refractivity contribution in [2.45, 2.75) is 79.6 Å². The predicted molar refractivity (Wildman–Crippen MR) is 120 cm³/mol. The van der Waals surface area contributed by atoms with Gasteiger partial charge in [-0.2, -0.15) is 0 Å². The van der Waals surface area contributed by atoms with E-state index in [0.717, 1.165) is 44.6 Å². The minimum Gasteiger partial charge on any atom is -0.398 e. The summed E-state index contributed by atoms with van der Waals surface area (Å²) < 4.78 is 0. The van der Waals surface area contributed by atoms with Crippen LogP contribution in [0.2, 0.25) is 0 Å². The van der Waals surface area contributed by atoms with Crippen LogP contribution in [-0.2, 0) is 6.42 Å². The maximum atomic E-state index is 6.44. The summed E-state index contributed by atoms with van der Waals surface area (Å²) in [6.45, 7) is 16.9. The van der Waals surface area contributed by atoms with Gasteiger partial charge in [0, 0.05) is 18.8 Å². The third kappa shape index (κ3) is 6.48. The summed E-state index contributed by atoms with van der Waals surface area (Å²) in [7, 11) is 0. The lowest BCUT2D eigenvalue weighted by atomic mass is 9.75. The molecule has 1 aromatic carbocycles. The number of hydrogen-bond donors (Lipinski definition) is 4. The van der Waals surface area contributed by atoms with E-state index in [1.807, 2.05) is 0 Å². The normalized spacial score (nSPS) is 14.0. The molecule has 1 atom stereocenters. The fourth-order valence-corrected chi connectivity index (χ4v) is 4.40. The van der Waals surface area contributed by atoms with Crippen molar-refractivity contribution in [2.75, 3.05) is 31.9 Å². The molecule has 1 aromatic rings. The highest BCUT2D eigenvalue weighted by molar-refractivity contribution is 5.63. The zero-order chi connectivity index (χ0) is 20.6. The van der Waals surface area contributed by atoms with Crippen molar-refractivity contribution >= 4 is 5.69 Å². The van der Waals surface area contributed by atoms with Gasteiger partial charge in [0.2, 0.25) is 0 Å². The van der Waals surface area contributed by atoms with Gasteiger partial charge in [-0.1, -0.05) is 20.8 Å². The van der Waals surface area contributed by atoms with Crippen molar-refractivity contribution < 1.29 is 0 Å². The molecule has 1 unspecified atom stereocenters. The third-order valence-corrected chi connectivity index (χ3v) is 6.31. The first-order chi connectivity index (χ1) is 12.7. The molecule has 0 aromatic heterocycles. The molecule has 0 aliphatic carbocycles. The van der Waals surface area contributed by atoms with E-state index in [1.54, 1.807) is 0 Å². The molecule has 0 aliphatic rings. The van der Waals surface area contributed by atoms with Crippen molar-refractivity contribution in [1.82, 2.24) is 5.32 Å². The zero-order valence-corrected chi connectivity index (χ0v) is 18.7. The second-order valence-corrected chi connectivity index (χ2v) is 8.83. The molecule has 1 rings (SSSR count). The maximum absolute atomic E-state index is 6.44. The van der Waals surface area contributed by atoms with Crippen LogP contribution in [0.25, 0.3) is 0 Å². The molecule has 0 saturated heterocycles. The monoisotopic (exact) mass is 376 g/mol. The predicted octanol–water partition coefficient (Wildman–Crippen LogP) is 3.93. The molecule has 0 spiro atoms. The van der Waals surface area contributed by atoms with Crippen molar-refractivity contribution in [3.05, 3.63) is 27.8 Å². The van der Waals surface area contributed by atoms with E-state index in [1.165, 1.54) is 40.7 Å². The average Bonchev–Trinajstić information content (AvgIpc) is 2.61. The van der Waals surface area contributed by atoms with E-state index >= 15 is 0 Å². The highest BCUT2D eigenvalue weighted by Gasteiger charge is 2.25. The third-order valence-electron chi connectivity index (χ3n) is 6.31. The average molecular weight is 377 g/mol. The molecule has 0 radical (unpaired) electrons. The highest BCUT2D eigenvalue weighted by Crippen LogP contribution is 2.38. The molecular formula is C23H44N4. The first kappa shape index (κ1) is 23.9. The van der Waals surface area contributed by atoms with Crippen LogP contribution in [0.5, 0.6) is 0 Å². The van der Waals surface area contributed by atoms with Crippen LogP contribution in [0.15, 0.2) is 0 Å². The van der Waals surface area contributed by atoms with E-state index in [0.29, 0.717) is 12.5 Å². The summed E-state index contributed by atoms with van der Waals surface area (Å²) in [6, 6.07) is 0. The fourth-order valence-electron chi connectivity index (χ4n) is 4.40. The van der Waals surface area contributed by atoms with E-state index in [-0.39, 0.29) is 5.41 Å². The summed E-state index contributed by atoms with van der Waals surface area (Å²) in [5.74, 6) is 0.513. The van der Waals surface area contributed by atoms with E-state index in [9.17, 15) is 0 Å². The van der Waals surface area contributed by atoms with E-state index in [4.69, 9.17) is 17.2 Å². The minimum absolute atomic E-state index is 0.271. The molecule has 0 bridgehead atoms. The Morgan fingerprint density at radius 2 is 1.56 bits per heavy atom. The van der Waals surface area contributed by atoms with Gasteiger partial charge < -0.3 is 22.5 Å². The Morgan fingerprint density at radius 1 is 0.889 bits per heavy atom. The molecule has 4 heteroatoms. The molecular weight excluding hydrogens is 332 g/mol. The van der Waals surface area contributed by atoms with E-state index < -0.39 is 0 Å². The first-order valence-corrected chi connectivity index (χ1v) is 10.7. The Bertz CT molecular complexity index is 595. The van der Waals surface area contributed by atoms with Crippen molar-refractivity contribution in [3.8, 4) is 0 Å². The van der Waals surface area contributed by atoms with Crippen LogP contribution in [0.4, 0.5) is 5.69 Å². The smallest absolute Gasteiger partial charge is 0.0379 e. The van der Waals surface area contributed by atoms with Crippen LogP contribution < -0.4 is 22.5 Å². The van der Waals surface area contributed by atoms with Crippen molar-refractivity contribution in [3.63, 3.8) is 0 Å². The number of rotatable bonds is 12. The van der Waals surface area contributed by atoms with E-state index in [2.05, 4.69) is 46.9 Å². The van der Waals surface area contributed by atoms with Gasteiger partial charge in [-0.15, -0.1) is 0 Å². The lowest BCUT2D eigenvalue weighted by Gasteiger charge is -2.31. The Kier molecular flexibility index (Phi) is 9.78. The van der Waals surface area contributed by atoms with Gasteiger partial charge in [0.15, 0.2) is 0 Å². The zero-order valence-electron chi connectivity index (χ0n) is 18.7. The quantitative estimate of drug-likeness (QED) is 0.328. The SMILES string of the molecule is Cc1c(C)c(C(C)C)c(CCC(C)(CCN)CCCNCCN)c(C)c1N. The number of nitrogens with one attached hydrogen (secondary N) is 1. The Morgan fingerprint density at radius 3 is 2.11 bits per heavy atom. The molecule has 0 heterocycles. The molecule has 0 amide bonds. The molecule has 0 aliphatic heterocycles. The van der Waals surface area contributed by atoms with Crippen molar-refractivity contribution in [2.24, 2.45) is 16.9 Å².